The number of hydrogen-bond acceptors (Lipinski definition) is 2. The molecule has 2 heteroatoms. The minimum atomic E-state index is 0.670. The quantitative estimate of drug-likeness (QED) is 0.701. The van der Waals surface area contributed by atoms with Gasteiger partial charge in [0.15, 0.2) is 0 Å². The van der Waals surface area contributed by atoms with Crippen molar-refractivity contribution in [3.63, 3.8) is 0 Å². The predicted molar refractivity (Wildman–Crippen MR) is 63.6 cm³/mol. The van der Waals surface area contributed by atoms with Gasteiger partial charge in [-0.25, -0.2) is 0 Å². The first-order valence-electron chi connectivity index (χ1n) is 5.65. The van der Waals surface area contributed by atoms with Crippen molar-refractivity contribution in [2.24, 2.45) is 0 Å². The Labute approximate surface area is 91.9 Å². The van der Waals surface area contributed by atoms with Gasteiger partial charge in [-0.1, -0.05) is 25.1 Å². The van der Waals surface area contributed by atoms with E-state index in [1.807, 2.05) is 0 Å². The molecule has 0 spiro atoms. The smallest absolute Gasteiger partial charge is 0.0479 e. The van der Waals surface area contributed by atoms with Crippen molar-refractivity contribution in [2.75, 3.05) is 31.7 Å². The number of nitrogens with zero attached hydrogens (tertiary/aromatic N) is 1. The Bertz CT molecular complexity index is 324. The van der Waals surface area contributed by atoms with Crippen molar-refractivity contribution in [1.29, 1.82) is 0 Å². The van der Waals surface area contributed by atoms with Crippen LogP contribution in [0.15, 0.2) is 24.3 Å². The Morgan fingerprint density at radius 1 is 1.40 bits per heavy atom. The average molecular weight is 205 g/mol. The predicted octanol–water partition coefficient (Wildman–Crippen LogP) is 2.65. The molecule has 0 saturated heterocycles. The van der Waals surface area contributed by atoms with Crippen LogP contribution < -0.4 is 4.90 Å². The molecule has 0 N–H and O–H groups in total. The minimum Gasteiger partial charge on any atom is -0.385 e. The lowest BCUT2D eigenvalue weighted by molar-refractivity contribution is 0.196. The molecule has 0 aliphatic carbocycles. The summed E-state index contributed by atoms with van der Waals surface area (Å²) in [6.45, 7) is 5.42. The first kappa shape index (κ1) is 10.5. The molecule has 0 aromatic heterocycles. The van der Waals surface area contributed by atoms with Crippen molar-refractivity contribution in [3.8, 4) is 0 Å². The van der Waals surface area contributed by atoms with Crippen LogP contribution in [0.4, 0.5) is 5.69 Å². The normalized spacial score (nSPS) is 19.3. The van der Waals surface area contributed by atoms with Gasteiger partial charge in [-0.3, -0.25) is 0 Å². The van der Waals surface area contributed by atoms with E-state index < -0.39 is 0 Å². The van der Waals surface area contributed by atoms with Gasteiger partial charge < -0.3 is 9.64 Å². The molecule has 0 fully saturated rings. The highest BCUT2D eigenvalue weighted by Crippen LogP contribution is 2.35. The minimum absolute atomic E-state index is 0.670. The zero-order valence-electron chi connectivity index (χ0n) is 9.57. The summed E-state index contributed by atoms with van der Waals surface area (Å²) in [5, 5.41) is 0. The summed E-state index contributed by atoms with van der Waals surface area (Å²) >= 11 is 0. The van der Waals surface area contributed by atoms with Gasteiger partial charge in [0.2, 0.25) is 0 Å². The van der Waals surface area contributed by atoms with Crippen LogP contribution >= 0.6 is 0 Å². The van der Waals surface area contributed by atoms with E-state index in [0.717, 1.165) is 26.1 Å². The Morgan fingerprint density at radius 3 is 3.00 bits per heavy atom. The fourth-order valence-corrected chi connectivity index (χ4v) is 2.33. The van der Waals surface area contributed by atoms with Gasteiger partial charge in [-0.15, -0.1) is 0 Å². The molecular formula is C13H19NO. The number of para-hydroxylation sites is 1. The van der Waals surface area contributed by atoms with Crippen molar-refractivity contribution in [1.82, 2.24) is 0 Å². The van der Waals surface area contributed by atoms with Gasteiger partial charge >= 0.3 is 0 Å². The zero-order valence-corrected chi connectivity index (χ0v) is 9.57. The fourth-order valence-electron chi connectivity index (χ4n) is 2.33. The molecule has 1 atom stereocenters. The van der Waals surface area contributed by atoms with E-state index in [1.54, 1.807) is 7.11 Å². The number of hydrogen-bond donors (Lipinski definition) is 0. The molecule has 2 rings (SSSR count). The van der Waals surface area contributed by atoms with E-state index in [-0.39, 0.29) is 0 Å². The van der Waals surface area contributed by atoms with Gasteiger partial charge in [0.1, 0.15) is 0 Å². The summed E-state index contributed by atoms with van der Waals surface area (Å²) in [7, 11) is 1.76. The highest BCUT2D eigenvalue weighted by Gasteiger charge is 2.23. The molecule has 0 radical (unpaired) electrons. The van der Waals surface area contributed by atoms with Crippen LogP contribution in [0.1, 0.15) is 24.8 Å². The molecule has 2 nitrogen and oxygen atoms in total. The second kappa shape index (κ2) is 4.67. The maximum absolute atomic E-state index is 5.09. The maximum atomic E-state index is 5.09. The van der Waals surface area contributed by atoms with Crippen LogP contribution in [0, 0.1) is 0 Å². The van der Waals surface area contributed by atoms with Crippen molar-refractivity contribution in [3.05, 3.63) is 29.8 Å². The van der Waals surface area contributed by atoms with E-state index in [2.05, 4.69) is 36.1 Å². The number of methoxy groups -OCH3 is 1. The van der Waals surface area contributed by atoms with Gasteiger partial charge in [-0.05, 0) is 18.1 Å². The van der Waals surface area contributed by atoms with E-state index in [0.29, 0.717) is 5.92 Å². The van der Waals surface area contributed by atoms with Crippen LogP contribution in [-0.2, 0) is 4.74 Å². The Morgan fingerprint density at radius 2 is 2.20 bits per heavy atom. The molecule has 1 aliphatic rings. The molecule has 1 aromatic rings. The Hall–Kier alpha value is -1.02. The summed E-state index contributed by atoms with van der Waals surface area (Å²) in [6, 6.07) is 8.73. The van der Waals surface area contributed by atoms with E-state index in [9.17, 15) is 0 Å². The van der Waals surface area contributed by atoms with Crippen LogP contribution in [0.25, 0.3) is 0 Å². The third-order valence-electron chi connectivity index (χ3n) is 3.08. The van der Waals surface area contributed by atoms with E-state index >= 15 is 0 Å². The molecule has 1 aliphatic heterocycles. The summed E-state index contributed by atoms with van der Waals surface area (Å²) in [5.74, 6) is 0.670. The number of ether oxygens (including phenoxy) is 1. The highest BCUT2D eigenvalue weighted by molar-refractivity contribution is 5.59. The second-order valence-electron chi connectivity index (χ2n) is 4.25. The molecule has 0 bridgehead atoms. The Kier molecular flexibility index (Phi) is 3.27. The van der Waals surface area contributed by atoms with Gasteiger partial charge in [0, 0.05) is 38.4 Å². The summed E-state index contributed by atoms with van der Waals surface area (Å²) < 4.78 is 5.09. The van der Waals surface area contributed by atoms with Crippen LogP contribution in [0.5, 0.6) is 0 Å². The van der Waals surface area contributed by atoms with E-state index in [4.69, 9.17) is 4.74 Å². The SMILES string of the molecule is COCCCN1CC(C)c2ccccc21. The van der Waals surface area contributed by atoms with Gasteiger partial charge in [-0.2, -0.15) is 0 Å². The van der Waals surface area contributed by atoms with Crippen molar-refractivity contribution in [2.45, 2.75) is 19.3 Å². The number of fused-ring (bicyclic) bond motifs is 1. The summed E-state index contributed by atoms with van der Waals surface area (Å²) in [4.78, 5) is 2.47. The topological polar surface area (TPSA) is 12.5 Å². The number of rotatable bonds is 4. The molecule has 1 aromatic carbocycles. The molecule has 0 amide bonds. The van der Waals surface area contributed by atoms with Crippen LogP contribution in [0.2, 0.25) is 0 Å². The zero-order chi connectivity index (χ0) is 10.7. The van der Waals surface area contributed by atoms with Crippen molar-refractivity contribution >= 4 is 5.69 Å². The second-order valence-corrected chi connectivity index (χ2v) is 4.25. The van der Waals surface area contributed by atoms with Crippen LogP contribution in [0.3, 0.4) is 0 Å². The third-order valence-corrected chi connectivity index (χ3v) is 3.08. The summed E-state index contributed by atoms with van der Waals surface area (Å²) in [6.07, 6.45) is 1.11. The fraction of sp³-hybridized carbons (Fsp3) is 0.538. The third kappa shape index (κ3) is 2.15. The van der Waals surface area contributed by atoms with Gasteiger partial charge in [0.25, 0.3) is 0 Å². The maximum Gasteiger partial charge on any atom is 0.0479 e. The van der Waals surface area contributed by atoms with Crippen molar-refractivity contribution < 1.29 is 4.74 Å². The largest absolute Gasteiger partial charge is 0.385 e. The molecule has 82 valence electrons. The first-order valence-corrected chi connectivity index (χ1v) is 5.65. The van der Waals surface area contributed by atoms with Gasteiger partial charge in [0.05, 0.1) is 0 Å². The lowest BCUT2D eigenvalue weighted by atomic mass is 10.0. The van der Waals surface area contributed by atoms with E-state index in [1.165, 1.54) is 11.3 Å². The number of benzene rings is 1. The lowest BCUT2D eigenvalue weighted by Gasteiger charge is -2.19. The molecule has 1 heterocycles. The summed E-state index contributed by atoms with van der Waals surface area (Å²) in [5.41, 5.74) is 2.91. The Balaban J connectivity index is 2.04. The molecular weight excluding hydrogens is 186 g/mol. The molecule has 1 unspecified atom stereocenters. The first-order chi connectivity index (χ1) is 7.33. The highest BCUT2D eigenvalue weighted by atomic mass is 16.5. The average Bonchev–Trinajstić information content (AvgIpc) is 2.58. The standard InChI is InChI=1S/C13H19NO/c1-11-10-14(8-5-9-15-2)13-7-4-3-6-12(11)13/h3-4,6-7,11H,5,8-10H2,1-2H3. The molecule has 15 heavy (non-hydrogen) atoms. The number of anilines is 1. The monoisotopic (exact) mass is 205 g/mol. The molecule has 0 saturated carbocycles. The van der Waals surface area contributed by atoms with Crippen LogP contribution in [-0.4, -0.2) is 26.8 Å². The lowest BCUT2D eigenvalue weighted by Crippen LogP contribution is -2.23.